The van der Waals surface area contributed by atoms with Crippen molar-refractivity contribution in [3.8, 4) is 65.6 Å². The van der Waals surface area contributed by atoms with Crippen molar-refractivity contribution < 1.29 is 0 Å². The second kappa shape index (κ2) is 15.8. The Morgan fingerprint density at radius 1 is 0.415 bits per heavy atom. The highest BCUT2D eigenvalue weighted by Crippen LogP contribution is 2.54. The van der Waals surface area contributed by atoms with E-state index in [4.69, 9.17) is 9.97 Å². The summed E-state index contributed by atoms with van der Waals surface area (Å²) in [4.78, 5) is 10.2. The molecule has 0 saturated heterocycles. The Labute approximate surface area is 385 Å². The first-order valence-corrected chi connectivity index (χ1v) is 23.5. The molecule has 0 aliphatic heterocycles. The van der Waals surface area contributed by atoms with Gasteiger partial charge >= 0.3 is 0 Å². The van der Waals surface area contributed by atoms with E-state index in [9.17, 15) is 0 Å². The summed E-state index contributed by atoms with van der Waals surface area (Å²) in [5.74, 6) is 0. The third-order valence-electron chi connectivity index (χ3n) is 12.7. The lowest BCUT2D eigenvalue weighted by molar-refractivity contribution is 1.47. The predicted molar refractivity (Wildman–Crippen MR) is 283 cm³/mol. The van der Waals surface area contributed by atoms with Gasteiger partial charge in [-0.15, -0.1) is 22.7 Å². The minimum absolute atomic E-state index is 1.00. The summed E-state index contributed by atoms with van der Waals surface area (Å²) in [5, 5.41) is 9.33. The van der Waals surface area contributed by atoms with Gasteiger partial charge in [-0.2, -0.15) is 0 Å². The molecule has 306 valence electrons. The van der Waals surface area contributed by atoms with Crippen LogP contribution in [-0.2, 0) is 0 Å². The molecule has 0 radical (unpaired) electrons. The maximum Gasteiger partial charge on any atom is 0.124 e. The van der Waals surface area contributed by atoms with Gasteiger partial charge in [0, 0.05) is 11.1 Å². The number of hydrogen-bond acceptors (Lipinski definition) is 4. The number of nitrogens with zero attached hydrogens (tertiary/aromatic N) is 2. The van der Waals surface area contributed by atoms with Gasteiger partial charge < -0.3 is 0 Å². The first-order valence-electron chi connectivity index (χ1n) is 21.9. The lowest BCUT2D eigenvalue weighted by Gasteiger charge is -2.25. The monoisotopic (exact) mass is 864 g/mol. The van der Waals surface area contributed by atoms with E-state index in [1.807, 2.05) is 6.08 Å². The number of fused-ring (bicyclic) bond motifs is 5. The van der Waals surface area contributed by atoms with Crippen LogP contribution in [-0.4, -0.2) is 9.97 Å². The topological polar surface area (TPSA) is 25.8 Å². The van der Waals surface area contributed by atoms with Crippen LogP contribution in [0.15, 0.2) is 207 Å². The molecular weight excluding hydrogens is 825 g/mol. The quantitative estimate of drug-likeness (QED) is 0.142. The van der Waals surface area contributed by atoms with E-state index in [1.165, 1.54) is 70.4 Å². The number of thiazole rings is 2. The molecule has 0 bridgehead atoms. The molecule has 0 aliphatic rings. The Morgan fingerprint density at radius 2 is 0.785 bits per heavy atom. The van der Waals surface area contributed by atoms with E-state index in [0.717, 1.165) is 64.7 Å². The van der Waals surface area contributed by atoms with Gasteiger partial charge in [0.1, 0.15) is 10.0 Å². The van der Waals surface area contributed by atoms with Crippen LogP contribution in [0.1, 0.15) is 18.1 Å². The summed E-state index contributed by atoms with van der Waals surface area (Å²) in [5.41, 5.74) is 17.1. The number of hydrogen-bond donors (Lipinski definition) is 0. The van der Waals surface area contributed by atoms with E-state index in [2.05, 4.69) is 214 Å². The van der Waals surface area contributed by atoms with Crippen LogP contribution in [0.3, 0.4) is 0 Å². The summed E-state index contributed by atoms with van der Waals surface area (Å²) in [7, 11) is 0. The fraction of sp³-hybridized carbons (Fsp3) is 0.0164. The third-order valence-corrected chi connectivity index (χ3v) is 14.8. The molecule has 0 spiro atoms. The molecule has 0 aliphatic carbocycles. The number of benzene rings is 10. The van der Waals surface area contributed by atoms with E-state index >= 15 is 0 Å². The Hall–Kier alpha value is -7.76. The van der Waals surface area contributed by atoms with Gasteiger partial charge in [-0.1, -0.05) is 195 Å². The lowest BCUT2D eigenvalue weighted by atomic mass is 9.77. The SMILES string of the molecule is C=Cc1ccc2nc(-c3ccc(-c4c5ccccc5c(-c5ccc(-c6nc7ccc(C(=C)C)cc7s6)cc5)c5c(-c6ccccc6)c6ccccc6c(-c6ccccc6)c45)cc3)sc2c1. The molecule has 0 fully saturated rings. The summed E-state index contributed by atoms with van der Waals surface area (Å²) >= 11 is 3.46. The van der Waals surface area contributed by atoms with Gasteiger partial charge in [0.2, 0.25) is 0 Å². The number of rotatable bonds is 8. The van der Waals surface area contributed by atoms with Crippen LogP contribution >= 0.6 is 22.7 Å². The highest BCUT2D eigenvalue weighted by molar-refractivity contribution is 7.22. The van der Waals surface area contributed by atoms with Crippen molar-refractivity contribution in [1.82, 2.24) is 9.97 Å². The molecular formula is C61H40N2S2. The Balaban J connectivity index is 1.16. The van der Waals surface area contributed by atoms with Crippen LogP contribution in [0.25, 0.3) is 130 Å². The van der Waals surface area contributed by atoms with E-state index < -0.39 is 0 Å². The standard InChI is InChI=1S/C61H40N2S2/c1-4-38-23-33-50-52(35-38)64-60(62-50)43-28-24-41(25-29-43)56-48-21-13-14-22-49(48)57(42-26-30-44(31-27-42)61-63-51-34-32-45(37(2)3)36-53(51)65-61)59-55(40-17-9-6-10-18-40)47-20-12-11-19-46(47)54(58(56)59)39-15-7-5-8-16-39/h4-36H,1-2H2,3H3. The summed E-state index contributed by atoms with van der Waals surface area (Å²) < 4.78 is 2.33. The molecule has 4 heteroatoms. The molecule has 2 heterocycles. The lowest BCUT2D eigenvalue weighted by Crippen LogP contribution is -1.97. The molecule has 2 aromatic heterocycles. The first kappa shape index (κ1) is 38.9. The molecule has 12 aromatic rings. The van der Waals surface area contributed by atoms with Crippen LogP contribution in [0.5, 0.6) is 0 Å². The van der Waals surface area contributed by atoms with Gasteiger partial charge in [-0.05, 0) is 119 Å². The predicted octanol–water partition coefficient (Wildman–Crippen LogP) is 18.0. The first-order chi connectivity index (χ1) is 32.0. The van der Waals surface area contributed by atoms with Crippen LogP contribution in [0.4, 0.5) is 0 Å². The highest BCUT2D eigenvalue weighted by Gasteiger charge is 2.26. The Morgan fingerprint density at radius 3 is 1.20 bits per heavy atom. The zero-order chi connectivity index (χ0) is 43.6. The van der Waals surface area contributed by atoms with Gasteiger partial charge in [0.05, 0.1) is 20.4 Å². The molecule has 0 N–H and O–H groups in total. The molecule has 12 rings (SSSR count). The fourth-order valence-corrected chi connectivity index (χ4v) is 11.6. The van der Waals surface area contributed by atoms with Crippen LogP contribution < -0.4 is 0 Å². The summed E-state index contributed by atoms with van der Waals surface area (Å²) in [6.07, 6.45) is 1.89. The van der Waals surface area contributed by atoms with E-state index in [0.29, 0.717) is 0 Å². The zero-order valence-corrected chi connectivity index (χ0v) is 37.3. The van der Waals surface area contributed by atoms with E-state index in [-0.39, 0.29) is 0 Å². The maximum absolute atomic E-state index is 5.09. The van der Waals surface area contributed by atoms with Gasteiger partial charge in [0.25, 0.3) is 0 Å². The summed E-state index contributed by atoms with van der Waals surface area (Å²) in [6.45, 7) is 10.2. The number of aromatic nitrogens is 2. The molecule has 0 atom stereocenters. The molecule has 10 aromatic carbocycles. The maximum atomic E-state index is 5.09. The summed E-state index contributed by atoms with van der Waals surface area (Å²) in [6, 6.07) is 70.9. The van der Waals surface area contributed by atoms with Crippen molar-refractivity contribution >= 4 is 87.1 Å². The Bertz CT molecular complexity index is 3840. The number of allylic oxidation sites excluding steroid dienone is 1. The highest BCUT2D eigenvalue weighted by atomic mass is 32.1. The van der Waals surface area contributed by atoms with Crippen molar-refractivity contribution in [1.29, 1.82) is 0 Å². The second-order valence-corrected chi connectivity index (χ2v) is 18.7. The Kier molecular flexibility index (Phi) is 9.45. The molecule has 2 nitrogen and oxygen atoms in total. The minimum atomic E-state index is 1.00. The van der Waals surface area contributed by atoms with Crippen LogP contribution in [0.2, 0.25) is 0 Å². The average Bonchev–Trinajstić information content (AvgIpc) is 4.00. The zero-order valence-electron chi connectivity index (χ0n) is 35.7. The van der Waals surface area contributed by atoms with Crippen molar-refractivity contribution in [2.45, 2.75) is 6.92 Å². The van der Waals surface area contributed by atoms with Gasteiger partial charge in [-0.3, -0.25) is 0 Å². The smallest absolute Gasteiger partial charge is 0.124 e. The molecule has 65 heavy (non-hydrogen) atoms. The van der Waals surface area contributed by atoms with Crippen LogP contribution in [0, 0.1) is 0 Å². The molecule has 0 amide bonds. The normalized spacial score (nSPS) is 11.6. The fourth-order valence-electron chi connectivity index (χ4n) is 9.60. The largest absolute Gasteiger partial charge is 0.236 e. The minimum Gasteiger partial charge on any atom is -0.236 e. The van der Waals surface area contributed by atoms with Gasteiger partial charge in [0.15, 0.2) is 0 Å². The van der Waals surface area contributed by atoms with Crippen molar-refractivity contribution in [3.05, 3.63) is 218 Å². The van der Waals surface area contributed by atoms with Crippen molar-refractivity contribution in [3.63, 3.8) is 0 Å². The van der Waals surface area contributed by atoms with Crippen molar-refractivity contribution in [2.24, 2.45) is 0 Å². The van der Waals surface area contributed by atoms with Gasteiger partial charge in [-0.25, -0.2) is 9.97 Å². The molecule has 0 unspecified atom stereocenters. The second-order valence-electron chi connectivity index (χ2n) is 16.7. The third kappa shape index (κ3) is 6.61. The average molecular weight is 865 g/mol. The van der Waals surface area contributed by atoms with Crippen molar-refractivity contribution in [2.75, 3.05) is 0 Å². The molecule has 0 saturated carbocycles. The van der Waals surface area contributed by atoms with E-state index in [1.54, 1.807) is 22.7 Å².